The molecule has 98 valence electrons. The van der Waals surface area contributed by atoms with Gasteiger partial charge in [0.05, 0.1) is 5.57 Å². The van der Waals surface area contributed by atoms with Crippen LogP contribution in [0.1, 0.15) is 32.7 Å². The molecule has 0 N–H and O–H groups in total. The number of hydrogen-bond acceptors (Lipinski definition) is 2. The van der Waals surface area contributed by atoms with E-state index in [2.05, 4.69) is 0 Å². The lowest BCUT2D eigenvalue weighted by Crippen LogP contribution is -2.00. The summed E-state index contributed by atoms with van der Waals surface area (Å²) >= 11 is 0. The van der Waals surface area contributed by atoms with Crippen molar-refractivity contribution in [3.63, 3.8) is 0 Å². The van der Waals surface area contributed by atoms with E-state index in [1.807, 2.05) is 30.3 Å². The second kappa shape index (κ2) is 5.25. The predicted octanol–water partition coefficient (Wildman–Crippen LogP) is 3.62. The largest absolute Gasteiger partial charge is 0.288 e. The van der Waals surface area contributed by atoms with Crippen LogP contribution in [0.4, 0.5) is 0 Å². The molecule has 1 aliphatic carbocycles. The third-order valence-electron chi connectivity index (χ3n) is 3.53. The van der Waals surface area contributed by atoms with Gasteiger partial charge < -0.3 is 0 Å². The van der Waals surface area contributed by atoms with E-state index in [9.17, 15) is 9.59 Å². The lowest BCUT2D eigenvalue weighted by Gasteiger charge is -1.98. The van der Waals surface area contributed by atoms with E-state index in [1.165, 1.54) is 5.56 Å². The van der Waals surface area contributed by atoms with Crippen molar-refractivity contribution < 1.29 is 9.59 Å². The van der Waals surface area contributed by atoms with Gasteiger partial charge in [0.2, 0.25) is 0 Å². The summed E-state index contributed by atoms with van der Waals surface area (Å²) in [4.78, 5) is 24.3. The smallest absolute Gasteiger partial charge is 0.197 e. The van der Waals surface area contributed by atoms with Crippen molar-refractivity contribution in [3.8, 4) is 0 Å². The topological polar surface area (TPSA) is 34.1 Å². The van der Waals surface area contributed by atoms with E-state index in [0.29, 0.717) is 23.1 Å². The number of aryl methyl sites for hydroxylation is 1. The van der Waals surface area contributed by atoms with Crippen molar-refractivity contribution in [3.05, 3.63) is 82.9 Å². The maximum absolute atomic E-state index is 12.2. The SMILES string of the molecule is O=C1C(=CCCc2ccccc2)C(=O)c2ccccc21. The minimum absolute atomic E-state index is 0.140. The van der Waals surface area contributed by atoms with Crippen LogP contribution in [-0.2, 0) is 6.42 Å². The van der Waals surface area contributed by atoms with E-state index in [1.54, 1.807) is 30.3 Å². The average Bonchev–Trinajstić information content (AvgIpc) is 2.74. The zero-order valence-electron chi connectivity index (χ0n) is 11.0. The summed E-state index contributed by atoms with van der Waals surface area (Å²) in [6.45, 7) is 0. The minimum atomic E-state index is -0.140. The van der Waals surface area contributed by atoms with Crippen molar-refractivity contribution in [2.45, 2.75) is 12.8 Å². The molecular formula is C18H14O2. The number of ketones is 2. The number of rotatable bonds is 3. The number of allylic oxidation sites excluding steroid dienone is 2. The molecule has 0 fully saturated rings. The fourth-order valence-electron chi connectivity index (χ4n) is 2.49. The van der Waals surface area contributed by atoms with Gasteiger partial charge in [0.25, 0.3) is 0 Å². The van der Waals surface area contributed by atoms with Crippen LogP contribution in [0.3, 0.4) is 0 Å². The highest BCUT2D eigenvalue weighted by molar-refractivity contribution is 6.39. The van der Waals surface area contributed by atoms with Crippen molar-refractivity contribution in [2.24, 2.45) is 0 Å². The highest BCUT2D eigenvalue weighted by atomic mass is 16.2. The lowest BCUT2D eigenvalue weighted by molar-refractivity contribution is 0.0988. The van der Waals surface area contributed by atoms with Crippen LogP contribution in [0.25, 0.3) is 0 Å². The van der Waals surface area contributed by atoms with E-state index >= 15 is 0 Å². The highest BCUT2D eigenvalue weighted by Gasteiger charge is 2.31. The molecular weight excluding hydrogens is 248 g/mol. The highest BCUT2D eigenvalue weighted by Crippen LogP contribution is 2.26. The van der Waals surface area contributed by atoms with Crippen LogP contribution in [0.5, 0.6) is 0 Å². The summed E-state index contributed by atoms with van der Waals surface area (Å²) in [5, 5.41) is 0. The van der Waals surface area contributed by atoms with Crippen molar-refractivity contribution in [2.75, 3.05) is 0 Å². The summed E-state index contributed by atoms with van der Waals surface area (Å²) in [7, 11) is 0. The molecule has 2 aromatic carbocycles. The number of carbonyl (C=O) groups excluding carboxylic acids is 2. The molecule has 0 atom stereocenters. The Labute approximate surface area is 117 Å². The van der Waals surface area contributed by atoms with Gasteiger partial charge in [-0.3, -0.25) is 9.59 Å². The lowest BCUT2D eigenvalue weighted by atomic mass is 10.1. The van der Waals surface area contributed by atoms with Crippen molar-refractivity contribution >= 4 is 11.6 Å². The van der Waals surface area contributed by atoms with Crippen LogP contribution >= 0.6 is 0 Å². The Kier molecular flexibility index (Phi) is 3.30. The number of hydrogen-bond donors (Lipinski definition) is 0. The fraction of sp³-hybridized carbons (Fsp3) is 0.111. The first-order valence-electron chi connectivity index (χ1n) is 6.70. The quantitative estimate of drug-likeness (QED) is 0.625. The van der Waals surface area contributed by atoms with Gasteiger partial charge in [0.1, 0.15) is 0 Å². The maximum atomic E-state index is 12.2. The summed E-state index contributed by atoms with van der Waals surface area (Å²) in [6.07, 6.45) is 3.31. The monoisotopic (exact) mass is 262 g/mol. The van der Waals surface area contributed by atoms with Gasteiger partial charge >= 0.3 is 0 Å². The second-order valence-electron chi connectivity index (χ2n) is 4.85. The molecule has 0 heterocycles. The van der Waals surface area contributed by atoms with E-state index in [0.717, 1.165) is 6.42 Å². The van der Waals surface area contributed by atoms with E-state index in [-0.39, 0.29) is 11.6 Å². The van der Waals surface area contributed by atoms with E-state index < -0.39 is 0 Å². The molecule has 0 aliphatic heterocycles. The zero-order chi connectivity index (χ0) is 13.9. The first-order chi connectivity index (χ1) is 9.77. The molecule has 20 heavy (non-hydrogen) atoms. The number of benzene rings is 2. The molecule has 2 heteroatoms. The maximum Gasteiger partial charge on any atom is 0.197 e. The molecule has 2 nitrogen and oxygen atoms in total. The Morgan fingerprint density at radius 1 is 0.750 bits per heavy atom. The summed E-state index contributed by atoms with van der Waals surface area (Å²) < 4.78 is 0. The zero-order valence-corrected chi connectivity index (χ0v) is 11.0. The normalized spacial score (nSPS) is 13.5. The van der Waals surface area contributed by atoms with Crippen LogP contribution in [0, 0.1) is 0 Å². The van der Waals surface area contributed by atoms with Crippen molar-refractivity contribution in [1.82, 2.24) is 0 Å². The van der Waals surface area contributed by atoms with Crippen LogP contribution in [-0.4, -0.2) is 11.6 Å². The molecule has 0 saturated carbocycles. The summed E-state index contributed by atoms with van der Waals surface area (Å²) in [5.41, 5.74) is 2.59. The van der Waals surface area contributed by atoms with Gasteiger partial charge in [-0.25, -0.2) is 0 Å². The third kappa shape index (κ3) is 2.21. The molecule has 3 rings (SSSR count). The van der Waals surface area contributed by atoms with Gasteiger partial charge in [-0.05, 0) is 18.4 Å². The van der Waals surface area contributed by atoms with Crippen LogP contribution < -0.4 is 0 Å². The standard InChI is InChI=1S/C18H14O2/c19-17-14-10-4-5-11-15(14)18(20)16(17)12-6-9-13-7-2-1-3-8-13/h1-5,7-8,10-12H,6,9H2. The Hall–Kier alpha value is -2.48. The molecule has 0 amide bonds. The van der Waals surface area contributed by atoms with Gasteiger partial charge in [-0.15, -0.1) is 0 Å². The van der Waals surface area contributed by atoms with Gasteiger partial charge in [0.15, 0.2) is 11.6 Å². The molecule has 0 saturated heterocycles. The molecule has 0 bridgehead atoms. The molecule has 0 aromatic heterocycles. The minimum Gasteiger partial charge on any atom is -0.288 e. The van der Waals surface area contributed by atoms with Gasteiger partial charge in [-0.2, -0.15) is 0 Å². The Bertz CT molecular complexity index is 659. The average molecular weight is 262 g/mol. The predicted molar refractivity (Wildman–Crippen MR) is 77.9 cm³/mol. The van der Waals surface area contributed by atoms with Gasteiger partial charge in [0, 0.05) is 11.1 Å². The fourth-order valence-corrected chi connectivity index (χ4v) is 2.49. The summed E-state index contributed by atoms with van der Waals surface area (Å²) in [5.74, 6) is -0.280. The molecule has 0 unspecified atom stereocenters. The Morgan fingerprint density at radius 2 is 1.30 bits per heavy atom. The first kappa shape index (κ1) is 12.5. The van der Waals surface area contributed by atoms with Crippen LogP contribution in [0.15, 0.2) is 66.2 Å². The molecule has 2 aromatic rings. The Balaban J connectivity index is 1.77. The molecule has 1 aliphatic rings. The first-order valence-corrected chi connectivity index (χ1v) is 6.70. The third-order valence-corrected chi connectivity index (χ3v) is 3.53. The molecule has 0 spiro atoms. The van der Waals surface area contributed by atoms with E-state index in [4.69, 9.17) is 0 Å². The Morgan fingerprint density at radius 3 is 1.90 bits per heavy atom. The van der Waals surface area contributed by atoms with Crippen molar-refractivity contribution in [1.29, 1.82) is 0 Å². The van der Waals surface area contributed by atoms with Crippen LogP contribution in [0.2, 0.25) is 0 Å². The summed E-state index contributed by atoms with van der Waals surface area (Å²) in [6, 6.07) is 17.1. The number of carbonyl (C=O) groups is 2. The molecule has 0 radical (unpaired) electrons. The van der Waals surface area contributed by atoms with Gasteiger partial charge in [-0.1, -0.05) is 60.7 Å². The number of fused-ring (bicyclic) bond motifs is 1. The number of Topliss-reactive ketones (excluding diaryl/α,β-unsaturated/α-hetero) is 2. The second-order valence-corrected chi connectivity index (χ2v) is 4.85.